The molecule has 0 atom stereocenters. The van der Waals surface area contributed by atoms with Crippen LogP contribution in [0.5, 0.6) is 0 Å². The van der Waals surface area contributed by atoms with Gasteiger partial charge in [-0.25, -0.2) is 0 Å². The van der Waals surface area contributed by atoms with Crippen LogP contribution in [0, 0.1) is 51.6 Å². The molecule has 0 aromatic rings. The van der Waals surface area contributed by atoms with Crippen LogP contribution in [-0.2, 0) is 44.6 Å². The molecule has 0 N–H and O–H groups in total. The molecule has 0 bridgehead atoms. The third kappa shape index (κ3) is 18.2. The van der Waals surface area contributed by atoms with E-state index in [4.69, 9.17) is 14.0 Å². The van der Waals surface area contributed by atoms with Gasteiger partial charge in [-0.05, 0) is 25.7 Å². The molecule has 0 aromatic carbocycles. The molecule has 1 aliphatic carbocycles. The van der Waals surface area contributed by atoms with Gasteiger partial charge in [0, 0.05) is 0 Å². The number of carbonyl (C=O) groups excluding carboxylic acids is 1. The third-order valence-electron chi connectivity index (χ3n) is 1.08. The first-order valence-electron chi connectivity index (χ1n) is 3.26. The van der Waals surface area contributed by atoms with Gasteiger partial charge >= 0.3 is 60.9 Å². The molecule has 0 heterocycles. The largest absolute Gasteiger partial charge is 2.00 e. The summed E-state index contributed by atoms with van der Waals surface area (Å²) in [5.74, 6) is 0.331. The topological polar surface area (TPSA) is 86.0 Å². The van der Waals surface area contributed by atoms with Gasteiger partial charge in [0.2, 0.25) is 0 Å². The molecule has 89 valence electrons. The molecule has 17 heavy (non-hydrogen) atoms. The van der Waals surface area contributed by atoms with Crippen molar-refractivity contribution in [3.05, 3.63) is 51.6 Å². The van der Waals surface area contributed by atoms with Gasteiger partial charge in [-0.1, -0.05) is 0 Å². The summed E-state index contributed by atoms with van der Waals surface area (Å²) in [5, 5.41) is 0. The van der Waals surface area contributed by atoms with Crippen molar-refractivity contribution in [2.75, 3.05) is 7.11 Å². The molecule has 0 spiro atoms. The fraction of sp³-hybridized carbons (Fsp3) is 0.100. The molecule has 0 aliphatic heterocycles. The Morgan fingerprint density at radius 3 is 1.59 bits per heavy atom. The Bertz CT molecular complexity index is 194. The Morgan fingerprint density at radius 2 is 1.35 bits per heavy atom. The fourth-order valence-electron chi connectivity index (χ4n) is 0.628. The number of hydrogen-bond acceptors (Lipinski definition) is 2. The van der Waals surface area contributed by atoms with Gasteiger partial charge in [0.25, 0.3) is 0 Å². The van der Waals surface area contributed by atoms with Crippen LogP contribution in [0.4, 0.5) is 0 Å². The SMILES string of the molecule is COC(=O)[C]1[CH][CH][CH][CH]1.[C-]#[O+].[C-]#[O+].[C-]#[O+].[Cl-].[Mo+2]. The predicted octanol–water partition coefficient (Wildman–Crippen LogP) is -2.55. The number of halogens is 1. The van der Waals surface area contributed by atoms with E-state index < -0.39 is 0 Å². The molecule has 5 radical (unpaired) electrons. The van der Waals surface area contributed by atoms with Crippen LogP contribution in [-0.4, -0.2) is 13.1 Å². The quantitative estimate of drug-likeness (QED) is 0.228. The van der Waals surface area contributed by atoms with Crippen LogP contribution in [0.2, 0.25) is 0 Å². The minimum absolute atomic E-state index is 0. The van der Waals surface area contributed by atoms with E-state index in [1.807, 2.05) is 0 Å². The van der Waals surface area contributed by atoms with Crippen molar-refractivity contribution in [2.45, 2.75) is 0 Å². The summed E-state index contributed by atoms with van der Waals surface area (Å²) in [6, 6.07) is 0. The molecular formula is C10H7ClMoO5+. The zero-order valence-electron chi connectivity index (χ0n) is 8.64. The second-order valence-corrected chi connectivity index (χ2v) is 1.67. The van der Waals surface area contributed by atoms with Gasteiger partial charge < -0.3 is 17.1 Å². The van der Waals surface area contributed by atoms with Crippen molar-refractivity contribution >= 4 is 5.97 Å². The number of carbonyl (C=O) groups is 1. The van der Waals surface area contributed by atoms with E-state index in [0.29, 0.717) is 5.92 Å². The molecule has 1 fully saturated rings. The molecule has 7 heteroatoms. The van der Waals surface area contributed by atoms with Crippen molar-refractivity contribution < 1.29 is 57.0 Å². The normalized spacial score (nSPS) is 11.0. The molecule has 1 aliphatic rings. The summed E-state index contributed by atoms with van der Waals surface area (Å²) >= 11 is 0. The summed E-state index contributed by atoms with van der Waals surface area (Å²) < 4.78 is 27.0. The maximum Gasteiger partial charge on any atom is 2.00 e. The van der Waals surface area contributed by atoms with E-state index in [2.05, 4.69) is 24.7 Å². The Labute approximate surface area is 121 Å². The predicted molar refractivity (Wildman–Crippen MR) is 44.2 cm³/mol. The van der Waals surface area contributed by atoms with E-state index in [-0.39, 0.29) is 39.4 Å². The van der Waals surface area contributed by atoms with Gasteiger partial charge in [0.15, 0.2) is 0 Å². The second-order valence-electron chi connectivity index (χ2n) is 1.67. The van der Waals surface area contributed by atoms with Crippen molar-refractivity contribution in [1.82, 2.24) is 0 Å². The van der Waals surface area contributed by atoms with Crippen LogP contribution in [0.15, 0.2) is 0 Å². The second kappa shape index (κ2) is 29.6. The standard InChI is InChI=1S/C7H7O2.3CO.ClH.Mo/c1-9-7(8)6-4-2-3-5-6;3*1-2;;/h2-5H,1H3;;;;1H;/q;;;;;+2/p-1. The molecular weight excluding hydrogens is 331 g/mol. The summed E-state index contributed by atoms with van der Waals surface area (Å²) in [7, 11) is 1.37. The Hall–Kier alpha value is -0.332. The maximum absolute atomic E-state index is 10.7. The van der Waals surface area contributed by atoms with E-state index in [0.717, 1.165) is 0 Å². The average Bonchev–Trinajstić information content (AvgIpc) is 2.89. The van der Waals surface area contributed by atoms with E-state index in [9.17, 15) is 4.79 Å². The molecule has 0 saturated heterocycles. The number of methoxy groups -OCH3 is 1. The van der Waals surface area contributed by atoms with Crippen molar-refractivity contribution in [1.29, 1.82) is 0 Å². The van der Waals surface area contributed by atoms with Gasteiger partial charge in [0.1, 0.15) is 0 Å². The Balaban J connectivity index is -0.0000000530. The molecule has 0 amide bonds. The van der Waals surface area contributed by atoms with E-state index >= 15 is 0 Å². The van der Waals surface area contributed by atoms with Crippen molar-refractivity contribution in [3.8, 4) is 0 Å². The first-order chi connectivity index (χ1) is 7.34. The minimum Gasteiger partial charge on any atom is -1.00 e. The van der Waals surface area contributed by atoms with Gasteiger partial charge in [-0.2, -0.15) is 0 Å². The van der Waals surface area contributed by atoms with Crippen molar-refractivity contribution in [3.63, 3.8) is 0 Å². The van der Waals surface area contributed by atoms with Crippen LogP contribution in [0.1, 0.15) is 0 Å². The molecule has 0 unspecified atom stereocenters. The number of hydrogen-bond donors (Lipinski definition) is 0. The van der Waals surface area contributed by atoms with Crippen LogP contribution >= 0.6 is 0 Å². The average molecular weight is 339 g/mol. The Morgan fingerprint density at radius 1 is 1.06 bits per heavy atom. The molecule has 5 nitrogen and oxygen atoms in total. The first kappa shape index (κ1) is 30.1. The zero-order valence-corrected chi connectivity index (χ0v) is 11.4. The van der Waals surface area contributed by atoms with Gasteiger partial charge in [-0.15, -0.1) is 0 Å². The fourth-order valence-corrected chi connectivity index (χ4v) is 0.628. The van der Waals surface area contributed by atoms with Gasteiger partial charge in [0.05, 0.1) is 13.0 Å². The van der Waals surface area contributed by atoms with Crippen LogP contribution in [0.25, 0.3) is 0 Å². The monoisotopic (exact) mass is 340 g/mol. The smallest absolute Gasteiger partial charge is 1.00 e. The number of esters is 1. The van der Waals surface area contributed by atoms with Crippen molar-refractivity contribution in [2.24, 2.45) is 0 Å². The summed E-state index contributed by atoms with van der Waals surface area (Å²) in [4.78, 5) is 10.7. The third-order valence-corrected chi connectivity index (χ3v) is 1.08. The van der Waals surface area contributed by atoms with Crippen LogP contribution in [0.3, 0.4) is 0 Å². The zero-order chi connectivity index (χ0) is 12.7. The minimum atomic E-state index is -0.278. The molecule has 1 saturated carbocycles. The maximum atomic E-state index is 10.7. The summed E-state index contributed by atoms with van der Waals surface area (Å²) in [5.41, 5.74) is 0. The van der Waals surface area contributed by atoms with E-state index in [1.54, 1.807) is 25.7 Å². The molecule has 0 aromatic heterocycles. The summed E-state index contributed by atoms with van der Waals surface area (Å²) in [6.07, 6.45) is 7.02. The van der Waals surface area contributed by atoms with Gasteiger partial charge in [-0.3, -0.25) is 4.79 Å². The van der Waals surface area contributed by atoms with E-state index in [1.165, 1.54) is 7.11 Å². The van der Waals surface area contributed by atoms with Crippen LogP contribution < -0.4 is 12.4 Å². The Kier molecular flexibility index (Phi) is 52.4. The first-order valence-corrected chi connectivity index (χ1v) is 3.26. The summed E-state index contributed by atoms with van der Waals surface area (Å²) in [6.45, 7) is 13.5. The molecule has 1 rings (SSSR count). The number of rotatable bonds is 1. The number of ether oxygens (including phenoxy) is 1.